The summed E-state index contributed by atoms with van der Waals surface area (Å²) in [5.74, 6) is -3.99. The van der Waals surface area contributed by atoms with Crippen molar-refractivity contribution in [3.8, 4) is 0 Å². The first-order valence-corrected chi connectivity index (χ1v) is 10.7. The number of aliphatic hydroxyl groups is 1. The van der Waals surface area contributed by atoms with Crippen molar-refractivity contribution in [2.24, 2.45) is 0 Å². The van der Waals surface area contributed by atoms with E-state index in [0.717, 1.165) is 16.5 Å². The van der Waals surface area contributed by atoms with Crippen molar-refractivity contribution in [3.05, 3.63) is 23.5 Å². The van der Waals surface area contributed by atoms with Gasteiger partial charge in [0.1, 0.15) is 0 Å². The molecule has 0 aliphatic heterocycles. The van der Waals surface area contributed by atoms with Crippen molar-refractivity contribution >= 4 is 29.4 Å². The van der Waals surface area contributed by atoms with Crippen LogP contribution in [0, 0.1) is 0 Å². The van der Waals surface area contributed by atoms with Gasteiger partial charge in [0, 0.05) is 47.9 Å². The van der Waals surface area contributed by atoms with Gasteiger partial charge in [0.05, 0.1) is 32.3 Å². The van der Waals surface area contributed by atoms with Crippen LogP contribution in [-0.4, -0.2) is 112 Å². The molecule has 0 aliphatic carbocycles. The summed E-state index contributed by atoms with van der Waals surface area (Å²) in [4.78, 5) is 61.2. The summed E-state index contributed by atoms with van der Waals surface area (Å²) < 4.78 is 10.2. The number of carbonyl (C=O) groups is 5. The number of nitrogens with zero attached hydrogens (tertiary/aromatic N) is 2. The van der Waals surface area contributed by atoms with Gasteiger partial charge in [-0.1, -0.05) is 11.6 Å². The van der Waals surface area contributed by atoms with Gasteiger partial charge in [0.2, 0.25) is 17.6 Å². The lowest BCUT2D eigenvalue weighted by Gasteiger charge is -2.16. The van der Waals surface area contributed by atoms with E-state index < -0.39 is 41.6 Å². The molecule has 0 aromatic heterocycles. The molecular formula is C22H36N4O8. The summed E-state index contributed by atoms with van der Waals surface area (Å²) in [7, 11) is 5.88. The van der Waals surface area contributed by atoms with Crippen LogP contribution in [0.1, 0.15) is 19.8 Å². The van der Waals surface area contributed by atoms with Crippen molar-refractivity contribution in [1.29, 1.82) is 0 Å². The zero-order valence-electron chi connectivity index (χ0n) is 20.5. The predicted octanol–water partition coefficient (Wildman–Crippen LogP) is -0.834. The molecule has 0 bridgehead atoms. The Morgan fingerprint density at radius 1 is 0.941 bits per heavy atom. The monoisotopic (exact) mass is 484 g/mol. The average Bonchev–Trinajstić information content (AvgIpc) is 2.77. The van der Waals surface area contributed by atoms with Gasteiger partial charge in [0.25, 0.3) is 11.8 Å². The highest BCUT2D eigenvalue weighted by atomic mass is 16.5. The fourth-order valence-electron chi connectivity index (χ4n) is 2.50. The fourth-order valence-corrected chi connectivity index (χ4v) is 2.50. The topological polar surface area (TPSA) is 155 Å². The highest BCUT2D eigenvalue weighted by Crippen LogP contribution is 2.01. The third kappa shape index (κ3) is 14.0. The molecule has 0 fully saturated rings. The van der Waals surface area contributed by atoms with Gasteiger partial charge in [-0.05, 0) is 13.3 Å². The Hall–Kier alpha value is -3.25. The molecule has 0 saturated carbocycles. The minimum Gasteiger partial charge on any atom is -0.503 e. The maximum absolute atomic E-state index is 12.1. The number of carbonyl (C=O) groups excluding carboxylic acids is 5. The minimum absolute atomic E-state index is 0.194. The van der Waals surface area contributed by atoms with Gasteiger partial charge >= 0.3 is 0 Å². The Morgan fingerprint density at radius 2 is 1.59 bits per heavy atom. The molecule has 12 heteroatoms. The number of ether oxygens (including phenoxy) is 2. The molecule has 0 radical (unpaired) electrons. The van der Waals surface area contributed by atoms with E-state index in [1.807, 2.05) is 6.08 Å². The molecule has 0 atom stereocenters. The number of aliphatic hydroxyl groups excluding tert-OH is 1. The number of likely N-dealkylation sites (N-methyl/N-ethyl adjacent to an activating group) is 2. The molecule has 0 aliphatic rings. The second-order valence-corrected chi connectivity index (χ2v) is 7.58. The first-order chi connectivity index (χ1) is 16.0. The maximum Gasteiger partial charge on any atom is 0.290 e. The summed E-state index contributed by atoms with van der Waals surface area (Å²) >= 11 is 0. The second-order valence-electron chi connectivity index (χ2n) is 7.58. The number of methoxy groups -OCH3 is 1. The molecule has 0 saturated heterocycles. The zero-order chi connectivity index (χ0) is 26.1. The lowest BCUT2D eigenvalue weighted by Crippen LogP contribution is -2.37. The number of amides is 4. The van der Waals surface area contributed by atoms with Crippen molar-refractivity contribution in [2.75, 3.05) is 67.7 Å². The first kappa shape index (κ1) is 30.8. The Labute approximate surface area is 199 Å². The standard InChI is InChI=1S/C22H36N4O8/c1-16(15-26(4)22(32)18(28)14-20(30)23-8-11-33-5)7-6-10-34-12-9-24-19(29)13-17(27)21(31)25(2)3/h7,13,27H,6,8-12,14-15H2,1-5H3,(H,23,30)(H,24,29)/b16-7+,17-13-. The average molecular weight is 485 g/mol. The van der Waals surface area contributed by atoms with Crippen LogP contribution in [0.5, 0.6) is 0 Å². The summed E-state index contributed by atoms with van der Waals surface area (Å²) in [6, 6.07) is 0. The predicted molar refractivity (Wildman–Crippen MR) is 124 cm³/mol. The number of hydrogen-bond acceptors (Lipinski definition) is 8. The molecule has 0 rings (SSSR count). The molecule has 0 spiro atoms. The Kier molecular flexibility index (Phi) is 15.6. The fraction of sp³-hybridized carbons (Fsp3) is 0.591. The van der Waals surface area contributed by atoms with Crippen LogP contribution in [0.2, 0.25) is 0 Å². The van der Waals surface area contributed by atoms with Crippen molar-refractivity contribution in [1.82, 2.24) is 20.4 Å². The van der Waals surface area contributed by atoms with Gasteiger partial charge in [0.15, 0.2) is 5.76 Å². The van der Waals surface area contributed by atoms with E-state index >= 15 is 0 Å². The molecule has 192 valence electrons. The highest BCUT2D eigenvalue weighted by Gasteiger charge is 2.21. The summed E-state index contributed by atoms with van der Waals surface area (Å²) in [5, 5.41) is 14.5. The molecule has 4 amide bonds. The van der Waals surface area contributed by atoms with Crippen LogP contribution in [0.4, 0.5) is 0 Å². The van der Waals surface area contributed by atoms with E-state index in [1.165, 1.54) is 33.2 Å². The third-order valence-corrected chi connectivity index (χ3v) is 4.22. The number of ketones is 1. The van der Waals surface area contributed by atoms with E-state index in [0.29, 0.717) is 19.6 Å². The summed E-state index contributed by atoms with van der Waals surface area (Å²) in [5.41, 5.74) is 0.844. The second kappa shape index (κ2) is 17.3. The van der Waals surface area contributed by atoms with Gasteiger partial charge in [-0.15, -0.1) is 0 Å². The van der Waals surface area contributed by atoms with Crippen LogP contribution in [0.25, 0.3) is 0 Å². The Morgan fingerprint density at radius 3 is 2.21 bits per heavy atom. The summed E-state index contributed by atoms with van der Waals surface area (Å²) in [6.45, 7) is 3.41. The molecular weight excluding hydrogens is 448 g/mol. The van der Waals surface area contributed by atoms with E-state index in [1.54, 1.807) is 6.92 Å². The van der Waals surface area contributed by atoms with Gasteiger partial charge in [-0.3, -0.25) is 24.0 Å². The minimum atomic E-state index is -0.787. The molecule has 0 unspecified atom stereocenters. The van der Waals surface area contributed by atoms with Gasteiger partial charge in [-0.25, -0.2) is 0 Å². The molecule has 34 heavy (non-hydrogen) atoms. The van der Waals surface area contributed by atoms with Crippen LogP contribution in [0.3, 0.4) is 0 Å². The van der Waals surface area contributed by atoms with E-state index in [4.69, 9.17) is 9.47 Å². The van der Waals surface area contributed by atoms with Crippen LogP contribution in [0.15, 0.2) is 23.5 Å². The molecule has 12 nitrogen and oxygen atoms in total. The van der Waals surface area contributed by atoms with Crippen LogP contribution < -0.4 is 10.6 Å². The van der Waals surface area contributed by atoms with Crippen molar-refractivity contribution in [2.45, 2.75) is 19.8 Å². The maximum atomic E-state index is 12.1. The largest absolute Gasteiger partial charge is 0.503 e. The Bertz CT molecular complexity index is 777. The van der Waals surface area contributed by atoms with E-state index in [2.05, 4.69) is 10.6 Å². The van der Waals surface area contributed by atoms with Gasteiger partial charge < -0.3 is 35.0 Å². The molecule has 3 N–H and O–H groups in total. The van der Waals surface area contributed by atoms with E-state index in [-0.39, 0.29) is 26.2 Å². The van der Waals surface area contributed by atoms with Crippen molar-refractivity contribution in [3.63, 3.8) is 0 Å². The van der Waals surface area contributed by atoms with Crippen LogP contribution >= 0.6 is 0 Å². The molecule has 0 aromatic carbocycles. The quantitative estimate of drug-likeness (QED) is 0.0640. The lowest BCUT2D eigenvalue weighted by molar-refractivity contribution is -0.145. The lowest BCUT2D eigenvalue weighted by atomic mass is 10.2. The number of hydrogen-bond donors (Lipinski definition) is 3. The normalized spacial score (nSPS) is 11.6. The highest BCUT2D eigenvalue weighted by molar-refractivity contribution is 6.39. The molecule has 0 heterocycles. The number of nitrogens with one attached hydrogen (secondary N) is 2. The Balaban J connectivity index is 4.16. The molecule has 0 aromatic rings. The number of rotatable bonds is 16. The number of Topliss-reactive ketones (excluding diaryl/α,β-unsaturated/α-hetero) is 1. The smallest absolute Gasteiger partial charge is 0.290 e. The van der Waals surface area contributed by atoms with E-state index in [9.17, 15) is 29.1 Å². The first-order valence-electron chi connectivity index (χ1n) is 10.7. The third-order valence-electron chi connectivity index (χ3n) is 4.22. The SMILES string of the molecule is COCCNC(=O)CC(=O)C(=O)N(C)C/C(C)=C/CCOCCNC(=O)/C=C(\O)C(=O)N(C)C. The summed E-state index contributed by atoms with van der Waals surface area (Å²) in [6.07, 6.45) is 2.71. The zero-order valence-corrected chi connectivity index (χ0v) is 20.5. The van der Waals surface area contributed by atoms with Gasteiger partial charge in [-0.2, -0.15) is 0 Å². The van der Waals surface area contributed by atoms with Crippen molar-refractivity contribution < 1.29 is 38.6 Å². The van der Waals surface area contributed by atoms with Crippen LogP contribution in [-0.2, 0) is 33.4 Å².